The first-order valence-corrected chi connectivity index (χ1v) is 14.2. The molecule has 0 N–H and O–H groups in total. The lowest BCUT2D eigenvalue weighted by Gasteiger charge is -2.11. The van der Waals surface area contributed by atoms with Crippen LogP contribution >= 0.6 is 11.3 Å². The van der Waals surface area contributed by atoms with Crippen molar-refractivity contribution in [1.29, 1.82) is 0 Å². The Labute approximate surface area is 231 Å². The van der Waals surface area contributed by atoms with Gasteiger partial charge in [-0.15, -0.1) is 11.3 Å². The highest BCUT2D eigenvalue weighted by molar-refractivity contribution is 7.26. The highest BCUT2D eigenvalue weighted by atomic mass is 32.1. The van der Waals surface area contributed by atoms with Crippen molar-refractivity contribution in [3.8, 4) is 27.9 Å². The standard InChI is InChI=1S/C37H25NS/c1-24-8-6-12-32-30-9-2-4-14-34(30)38(36(24)32)28-22-20-26(21-23-28)25-16-18-27(19-17-25)29-11-7-13-33-31-10-3-5-15-35(31)39-37(29)33/h2-23H,1H3. The van der Waals surface area contributed by atoms with Crippen molar-refractivity contribution >= 4 is 53.3 Å². The predicted molar refractivity (Wildman–Crippen MR) is 169 cm³/mol. The molecule has 0 unspecified atom stereocenters. The van der Waals surface area contributed by atoms with E-state index in [-0.39, 0.29) is 0 Å². The lowest BCUT2D eigenvalue weighted by molar-refractivity contribution is 1.17. The molecular weight excluding hydrogens is 490 g/mol. The second-order valence-corrected chi connectivity index (χ2v) is 11.3. The zero-order chi connectivity index (χ0) is 25.9. The average Bonchev–Trinajstić information content (AvgIpc) is 3.54. The van der Waals surface area contributed by atoms with E-state index < -0.39 is 0 Å². The van der Waals surface area contributed by atoms with E-state index >= 15 is 0 Å². The Bertz CT molecular complexity index is 2160. The van der Waals surface area contributed by atoms with Gasteiger partial charge in [-0.25, -0.2) is 0 Å². The van der Waals surface area contributed by atoms with Gasteiger partial charge < -0.3 is 4.57 Å². The van der Waals surface area contributed by atoms with Crippen LogP contribution in [0, 0.1) is 6.92 Å². The van der Waals surface area contributed by atoms with Crippen molar-refractivity contribution in [3.63, 3.8) is 0 Å². The van der Waals surface area contributed by atoms with Crippen LogP contribution in [0.5, 0.6) is 0 Å². The lowest BCUT2D eigenvalue weighted by atomic mass is 9.99. The summed E-state index contributed by atoms with van der Waals surface area (Å²) in [5, 5.41) is 5.28. The van der Waals surface area contributed by atoms with Gasteiger partial charge in [0.1, 0.15) is 0 Å². The number of nitrogens with zero attached hydrogens (tertiary/aromatic N) is 1. The molecule has 6 aromatic carbocycles. The first-order chi connectivity index (χ1) is 19.3. The van der Waals surface area contributed by atoms with Gasteiger partial charge in [-0.05, 0) is 59.0 Å². The summed E-state index contributed by atoms with van der Waals surface area (Å²) in [5.41, 5.74) is 10.0. The van der Waals surface area contributed by atoms with Crippen LogP contribution in [0.3, 0.4) is 0 Å². The number of hydrogen-bond donors (Lipinski definition) is 0. The molecule has 0 saturated heterocycles. The molecule has 1 nitrogen and oxygen atoms in total. The van der Waals surface area contributed by atoms with Crippen LogP contribution in [0.4, 0.5) is 0 Å². The molecule has 0 saturated carbocycles. The van der Waals surface area contributed by atoms with Gasteiger partial charge in [-0.2, -0.15) is 0 Å². The Morgan fingerprint density at radius 3 is 1.92 bits per heavy atom. The molecule has 0 aliphatic carbocycles. The van der Waals surface area contributed by atoms with Gasteiger partial charge in [0.05, 0.1) is 11.0 Å². The quantitative estimate of drug-likeness (QED) is 0.220. The molecule has 0 bridgehead atoms. The third-order valence-electron chi connectivity index (χ3n) is 7.96. The molecule has 2 aromatic heterocycles. The SMILES string of the molecule is Cc1cccc2c3ccccc3n(-c3ccc(-c4ccc(-c5cccc6c5sc5ccccc56)cc4)cc3)c12. The molecule has 0 radical (unpaired) electrons. The van der Waals surface area contributed by atoms with Crippen LogP contribution in [0.2, 0.25) is 0 Å². The molecule has 8 rings (SSSR count). The molecule has 0 aliphatic rings. The van der Waals surface area contributed by atoms with E-state index in [0.29, 0.717) is 0 Å². The minimum absolute atomic E-state index is 1.19. The largest absolute Gasteiger partial charge is 0.309 e. The number of rotatable bonds is 3. The van der Waals surface area contributed by atoms with E-state index in [4.69, 9.17) is 0 Å². The highest BCUT2D eigenvalue weighted by Gasteiger charge is 2.14. The van der Waals surface area contributed by atoms with E-state index in [0.717, 1.165) is 0 Å². The average molecular weight is 516 g/mol. The van der Waals surface area contributed by atoms with Gasteiger partial charge in [0.25, 0.3) is 0 Å². The number of fused-ring (bicyclic) bond motifs is 6. The van der Waals surface area contributed by atoms with Gasteiger partial charge in [-0.3, -0.25) is 0 Å². The number of para-hydroxylation sites is 2. The lowest BCUT2D eigenvalue weighted by Crippen LogP contribution is -1.95. The fourth-order valence-electron chi connectivity index (χ4n) is 6.08. The summed E-state index contributed by atoms with van der Waals surface area (Å²) in [5.74, 6) is 0. The normalized spacial score (nSPS) is 11.7. The van der Waals surface area contributed by atoms with Crippen LogP contribution in [0.15, 0.2) is 133 Å². The van der Waals surface area contributed by atoms with Crippen LogP contribution in [-0.2, 0) is 0 Å². The van der Waals surface area contributed by atoms with Crippen molar-refractivity contribution in [2.45, 2.75) is 6.92 Å². The van der Waals surface area contributed by atoms with E-state index in [1.54, 1.807) is 0 Å². The topological polar surface area (TPSA) is 4.93 Å². The van der Waals surface area contributed by atoms with Crippen LogP contribution in [-0.4, -0.2) is 4.57 Å². The molecule has 0 fully saturated rings. The number of aromatic nitrogens is 1. The Morgan fingerprint density at radius 1 is 0.487 bits per heavy atom. The molecule has 2 heterocycles. The summed E-state index contributed by atoms with van der Waals surface area (Å²) in [4.78, 5) is 0. The van der Waals surface area contributed by atoms with Gasteiger partial charge >= 0.3 is 0 Å². The molecule has 0 aliphatic heterocycles. The molecule has 8 aromatic rings. The van der Waals surface area contributed by atoms with E-state index in [9.17, 15) is 0 Å². The fraction of sp³-hybridized carbons (Fsp3) is 0.0270. The minimum Gasteiger partial charge on any atom is -0.309 e. The second-order valence-electron chi connectivity index (χ2n) is 10.2. The summed E-state index contributed by atoms with van der Waals surface area (Å²) in [6, 6.07) is 48.7. The van der Waals surface area contributed by atoms with Crippen molar-refractivity contribution in [3.05, 3.63) is 139 Å². The minimum atomic E-state index is 1.19. The zero-order valence-electron chi connectivity index (χ0n) is 21.6. The van der Waals surface area contributed by atoms with Crippen LogP contribution in [0.1, 0.15) is 5.56 Å². The Hall–Kier alpha value is -4.66. The van der Waals surface area contributed by atoms with Gasteiger partial charge in [0, 0.05) is 36.6 Å². The molecular formula is C37H25NS. The summed E-state index contributed by atoms with van der Waals surface area (Å²) in [7, 11) is 0. The molecule has 184 valence electrons. The molecule has 39 heavy (non-hydrogen) atoms. The smallest absolute Gasteiger partial charge is 0.0570 e. The molecule has 0 atom stereocenters. The van der Waals surface area contributed by atoms with Gasteiger partial charge in [0.2, 0.25) is 0 Å². The maximum atomic E-state index is 2.40. The Kier molecular flexibility index (Phi) is 4.98. The van der Waals surface area contributed by atoms with E-state index in [1.165, 1.54) is 75.5 Å². The van der Waals surface area contributed by atoms with Crippen molar-refractivity contribution in [2.24, 2.45) is 0 Å². The van der Waals surface area contributed by atoms with Crippen molar-refractivity contribution < 1.29 is 0 Å². The van der Waals surface area contributed by atoms with Crippen molar-refractivity contribution in [2.75, 3.05) is 0 Å². The maximum absolute atomic E-state index is 2.40. The zero-order valence-corrected chi connectivity index (χ0v) is 22.4. The summed E-state index contributed by atoms with van der Waals surface area (Å²) in [6.45, 7) is 2.20. The number of thiophene rings is 1. The highest BCUT2D eigenvalue weighted by Crippen LogP contribution is 2.40. The summed E-state index contributed by atoms with van der Waals surface area (Å²) < 4.78 is 5.10. The number of benzene rings is 6. The number of aryl methyl sites for hydroxylation is 1. The molecule has 0 amide bonds. The summed E-state index contributed by atoms with van der Waals surface area (Å²) >= 11 is 1.88. The molecule has 0 spiro atoms. The second kappa shape index (κ2) is 8.69. The first kappa shape index (κ1) is 22.3. The Balaban J connectivity index is 1.18. The summed E-state index contributed by atoms with van der Waals surface area (Å²) in [6.07, 6.45) is 0. The van der Waals surface area contributed by atoms with Crippen molar-refractivity contribution in [1.82, 2.24) is 4.57 Å². The molecule has 2 heteroatoms. The third-order valence-corrected chi connectivity index (χ3v) is 9.18. The van der Waals surface area contributed by atoms with Crippen LogP contribution in [0.25, 0.3) is 69.9 Å². The van der Waals surface area contributed by atoms with E-state index in [1.807, 2.05) is 11.3 Å². The van der Waals surface area contributed by atoms with E-state index in [2.05, 4.69) is 145 Å². The first-order valence-electron chi connectivity index (χ1n) is 13.4. The van der Waals surface area contributed by atoms with Gasteiger partial charge in [-0.1, -0.05) is 109 Å². The third kappa shape index (κ3) is 3.46. The Morgan fingerprint density at radius 2 is 1.10 bits per heavy atom. The predicted octanol–water partition coefficient (Wildman–Crippen LogP) is 10.8. The fourth-order valence-corrected chi connectivity index (χ4v) is 7.32. The van der Waals surface area contributed by atoms with Gasteiger partial charge in [0.15, 0.2) is 0 Å². The maximum Gasteiger partial charge on any atom is 0.0570 e. The monoisotopic (exact) mass is 515 g/mol. The number of hydrogen-bond acceptors (Lipinski definition) is 1. The van der Waals surface area contributed by atoms with Crippen LogP contribution < -0.4 is 0 Å².